The zero-order valence-corrected chi connectivity index (χ0v) is 17.9. The summed E-state index contributed by atoms with van der Waals surface area (Å²) in [6.07, 6.45) is 1.61. The molecule has 0 spiro atoms. The summed E-state index contributed by atoms with van der Waals surface area (Å²) in [6.45, 7) is 2.75. The topological polar surface area (TPSA) is 52.6 Å². The summed E-state index contributed by atoms with van der Waals surface area (Å²) >= 11 is 3.54. The molecule has 30 heavy (non-hydrogen) atoms. The fraction of sp³-hybridized carbons (Fsp3) is 0.120. The van der Waals surface area contributed by atoms with Gasteiger partial charge in [0.15, 0.2) is 23.1 Å². The van der Waals surface area contributed by atoms with E-state index in [1.54, 1.807) is 42.5 Å². The Kier molecular flexibility index (Phi) is 5.81. The van der Waals surface area contributed by atoms with Crippen LogP contribution in [0.15, 0.2) is 76.8 Å². The summed E-state index contributed by atoms with van der Waals surface area (Å²) < 4.78 is 12.4. The summed E-state index contributed by atoms with van der Waals surface area (Å²) in [5.74, 6) is 0.621. The highest BCUT2D eigenvalue weighted by Gasteiger charge is 2.32. The molecule has 5 heteroatoms. The molecule has 0 amide bonds. The van der Waals surface area contributed by atoms with Gasteiger partial charge in [0.2, 0.25) is 0 Å². The molecule has 0 aromatic heterocycles. The number of carbonyl (C=O) groups excluding carboxylic acids is 2. The number of benzene rings is 3. The molecule has 150 valence electrons. The molecule has 3 aromatic carbocycles. The normalized spacial score (nSPS) is 12.7. The van der Waals surface area contributed by atoms with E-state index in [1.807, 2.05) is 37.3 Å². The first-order valence-corrected chi connectivity index (χ1v) is 10.4. The van der Waals surface area contributed by atoms with Gasteiger partial charge in [-0.25, -0.2) is 0 Å². The highest BCUT2D eigenvalue weighted by molar-refractivity contribution is 9.10. The molecule has 0 fully saturated rings. The van der Waals surface area contributed by atoms with E-state index < -0.39 is 0 Å². The minimum absolute atomic E-state index is 0.150. The first-order chi connectivity index (χ1) is 14.6. The molecule has 4 nitrogen and oxygen atoms in total. The Bertz CT molecular complexity index is 1110. The van der Waals surface area contributed by atoms with Gasteiger partial charge in [-0.2, -0.15) is 0 Å². The van der Waals surface area contributed by atoms with Crippen LogP contribution in [0.25, 0.3) is 6.08 Å². The van der Waals surface area contributed by atoms with Gasteiger partial charge < -0.3 is 9.47 Å². The van der Waals surface area contributed by atoms with Crippen molar-refractivity contribution in [2.24, 2.45) is 0 Å². The summed E-state index contributed by atoms with van der Waals surface area (Å²) in [5.41, 5.74) is 2.75. The lowest BCUT2D eigenvalue weighted by Crippen LogP contribution is -2.02. The number of ether oxygens (including phenoxy) is 2. The Balaban J connectivity index is 1.66. The molecule has 1 aliphatic rings. The van der Waals surface area contributed by atoms with Gasteiger partial charge in [-0.15, -0.1) is 0 Å². The van der Waals surface area contributed by atoms with Gasteiger partial charge in [0.05, 0.1) is 12.2 Å². The zero-order chi connectivity index (χ0) is 21.1. The van der Waals surface area contributed by atoms with E-state index in [9.17, 15) is 9.59 Å². The molecule has 0 radical (unpaired) electrons. The van der Waals surface area contributed by atoms with Gasteiger partial charge in [0.25, 0.3) is 0 Å². The minimum Gasteiger partial charge on any atom is -0.490 e. The fourth-order valence-corrected chi connectivity index (χ4v) is 3.77. The van der Waals surface area contributed by atoms with Gasteiger partial charge in [-0.05, 0) is 36.3 Å². The van der Waals surface area contributed by atoms with Crippen molar-refractivity contribution in [2.75, 3.05) is 6.61 Å². The number of halogens is 1. The monoisotopic (exact) mass is 462 g/mol. The molecule has 4 rings (SSSR count). The van der Waals surface area contributed by atoms with Gasteiger partial charge in [-0.1, -0.05) is 70.5 Å². The largest absolute Gasteiger partial charge is 0.490 e. The maximum atomic E-state index is 12.7. The second-order valence-corrected chi connectivity index (χ2v) is 7.64. The van der Waals surface area contributed by atoms with Crippen LogP contribution in [0.4, 0.5) is 0 Å². The Morgan fingerprint density at radius 3 is 2.07 bits per heavy atom. The number of hydrogen-bond donors (Lipinski definition) is 0. The lowest BCUT2D eigenvalue weighted by molar-refractivity contribution is 0.0990. The number of carbonyl (C=O) groups is 2. The summed E-state index contributed by atoms with van der Waals surface area (Å²) in [4.78, 5) is 25.4. The third-order valence-electron chi connectivity index (χ3n) is 4.81. The van der Waals surface area contributed by atoms with Crippen LogP contribution < -0.4 is 9.47 Å². The van der Waals surface area contributed by atoms with E-state index in [0.717, 1.165) is 5.56 Å². The van der Waals surface area contributed by atoms with Crippen LogP contribution in [0.5, 0.6) is 11.5 Å². The Morgan fingerprint density at radius 1 is 0.833 bits per heavy atom. The quantitative estimate of drug-likeness (QED) is 0.338. The van der Waals surface area contributed by atoms with Crippen LogP contribution in [0.2, 0.25) is 0 Å². The summed E-state index contributed by atoms with van der Waals surface area (Å²) in [6, 6.07) is 20.3. The number of hydrogen-bond acceptors (Lipinski definition) is 4. The third kappa shape index (κ3) is 3.94. The van der Waals surface area contributed by atoms with Crippen molar-refractivity contribution in [3.8, 4) is 11.5 Å². The second kappa shape index (κ2) is 8.67. The van der Waals surface area contributed by atoms with E-state index in [2.05, 4.69) is 15.9 Å². The summed E-state index contributed by atoms with van der Waals surface area (Å²) in [5, 5.41) is 0. The molecule has 0 atom stereocenters. The van der Waals surface area contributed by atoms with E-state index >= 15 is 0 Å². The molecule has 1 aliphatic carbocycles. The Hall–Kier alpha value is -3.18. The van der Waals surface area contributed by atoms with Gasteiger partial charge >= 0.3 is 0 Å². The number of Topliss-reactive ketones (excluding diaryl/α,β-unsaturated/α-hetero) is 2. The van der Waals surface area contributed by atoms with Crippen LogP contribution in [0.1, 0.15) is 38.8 Å². The van der Waals surface area contributed by atoms with Crippen molar-refractivity contribution >= 4 is 33.6 Å². The molecule has 0 heterocycles. The van der Waals surface area contributed by atoms with Crippen molar-refractivity contribution in [1.82, 2.24) is 0 Å². The van der Waals surface area contributed by atoms with Crippen molar-refractivity contribution in [2.45, 2.75) is 13.5 Å². The van der Waals surface area contributed by atoms with E-state index in [0.29, 0.717) is 45.9 Å². The molecule has 0 unspecified atom stereocenters. The van der Waals surface area contributed by atoms with Crippen molar-refractivity contribution in [3.05, 3.63) is 99.0 Å². The molecular weight excluding hydrogens is 444 g/mol. The van der Waals surface area contributed by atoms with Crippen LogP contribution in [-0.4, -0.2) is 18.2 Å². The van der Waals surface area contributed by atoms with Crippen molar-refractivity contribution in [3.63, 3.8) is 0 Å². The SMILES string of the molecule is CCOc1cc(C=C2C(=O)c3ccccc3C2=O)c(Br)cc1OCc1ccccc1. The summed E-state index contributed by atoms with van der Waals surface area (Å²) in [7, 11) is 0. The molecule has 0 N–H and O–H groups in total. The maximum Gasteiger partial charge on any atom is 0.197 e. The molecular formula is C25H19BrO4. The maximum absolute atomic E-state index is 12.7. The standard InChI is InChI=1S/C25H19BrO4/c1-2-29-22-13-17(12-20-24(27)18-10-6-7-11-19(18)25(20)28)21(26)14-23(22)30-15-16-8-4-3-5-9-16/h3-14H,2,15H2,1H3. The van der Waals surface area contributed by atoms with Gasteiger partial charge in [-0.3, -0.25) is 9.59 Å². The number of rotatable bonds is 6. The molecule has 0 saturated heterocycles. The number of fused-ring (bicyclic) bond motifs is 1. The Morgan fingerprint density at radius 2 is 1.43 bits per heavy atom. The van der Waals surface area contributed by atoms with Crippen molar-refractivity contribution < 1.29 is 19.1 Å². The van der Waals surface area contributed by atoms with E-state index in [-0.39, 0.29) is 17.1 Å². The number of ketones is 2. The average Bonchev–Trinajstić information content (AvgIpc) is 3.01. The second-order valence-electron chi connectivity index (χ2n) is 6.79. The van der Waals surface area contributed by atoms with Crippen LogP contribution in [-0.2, 0) is 6.61 Å². The number of allylic oxidation sites excluding steroid dienone is 1. The fourth-order valence-electron chi connectivity index (χ4n) is 3.34. The zero-order valence-electron chi connectivity index (χ0n) is 16.4. The van der Waals surface area contributed by atoms with Gasteiger partial charge in [0, 0.05) is 15.6 Å². The smallest absolute Gasteiger partial charge is 0.197 e. The highest BCUT2D eigenvalue weighted by atomic mass is 79.9. The van der Waals surface area contributed by atoms with E-state index in [1.165, 1.54) is 0 Å². The highest BCUT2D eigenvalue weighted by Crippen LogP contribution is 2.37. The van der Waals surface area contributed by atoms with Crippen LogP contribution >= 0.6 is 15.9 Å². The predicted molar refractivity (Wildman–Crippen MR) is 119 cm³/mol. The average molecular weight is 463 g/mol. The Labute approximate surface area is 183 Å². The lowest BCUT2D eigenvalue weighted by Gasteiger charge is -2.14. The first-order valence-electron chi connectivity index (χ1n) is 9.61. The minimum atomic E-state index is -0.259. The lowest BCUT2D eigenvalue weighted by atomic mass is 10.1. The molecule has 0 aliphatic heterocycles. The molecule has 0 saturated carbocycles. The first kappa shape index (κ1) is 20.1. The van der Waals surface area contributed by atoms with Gasteiger partial charge in [0.1, 0.15) is 6.61 Å². The van der Waals surface area contributed by atoms with Crippen LogP contribution in [0, 0.1) is 0 Å². The molecule has 3 aromatic rings. The molecule has 0 bridgehead atoms. The third-order valence-corrected chi connectivity index (χ3v) is 5.49. The van der Waals surface area contributed by atoms with Crippen LogP contribution in [0.3, 0.4) is 0 Å². The van der Waals surface area contributed by atoms with Crippen molar-refractivity contribution in [1.29, 1.82) is 0 Å². The van der Waals surface area contributed by atoms with E-state index in [4.69, 9.17) is 9.47 Å². The predicted octanol–water partition coefficient (Wildman–Crippen LogP) is 5.89.